The van der Waals surface area contributed by atoms with Crippen molar-refractivity contribution in [1.82, 2.24) is 9.80 Å². The minimum Gasteiger partial charge on any atom is -0.334 e. The van der Waals surface area contributed by atoms with Gasteiger partial charge in [0.2, 0.25) is 5.91 Å². The molecular formula is C14H16N2O2S. The van der Waals surface area contributed by atoms with E-state index in [0.29, 0.717) is 13.0 Å². The lowest BCUT2D eigenvalue weighted by molar-refractivity contribution is -0.128. The van der Waals surface area contributed by atoms with Gasteiger partial charge in [0.1, 0.15) is 0 Å². The molecule has 2 atom stereocenters. The SMILES string of the molecule is C=CCN1C(=O)C[C@@H]2[C@@H]1CCN2C(=O)c1ccsc1. The maximum atomic E-state index is 12.4. The number of nitrogens with zero attached hydrogens (tertiary/aromatic N) is 2. The first-order valence-electron chi connectivity index (χ1n) is 6.46. The Bertz CT molecular complexity index is 512. The molecule has 5 heteroatoms. The molecule has 2 aliphatic heterocycles. The summed E-state index contributed by atoms with van der Waals surface area (Å²) < 4.78 is 0. The lowest BCUT2D eigenvalue weighted by Gasteiger charge is -2.24. The van der Waals surface area contributed by atoms with Gasteiger partial charge in [-0.25, -0.2) is 0 Å². The molecule has 2 aliphatic rings. The summed E-state index contributed by atoms with van der Waals surface area (Å²) in [4.78, 5) is 28.1. The van der Waals surface area contributed by atoms with Crippen molar-refractivity contribution in [2.75, 3.05) is 13.1 Å². The Balaban J connectivity index is 1.79. The average Bonchev–Trinajstić information content (AvgIpc) is 3.08. The molecule has 0 radical (unpaired) electrons. The molecular weight excluding hydrogens is 260 g/mol. The molecule has 0 spiro atoms. The van der Waals surface area contributed by atoms with Gasteiger partial charge in [-0.15, -0.1) is 6.58 Å². The predicted molar refractivity (Wildman–Crippen MR) is 74.1 cm³/mol. The van der Waals surface area contributed by atoms with Crippen LogP contribution in [0.15, 0.2) is 29.5 Å². The second-order valence-electron chi connectivity index (χ2n) is 4.97. The van der Waals surface area contributed by atoms with E-state index in [9.17, 15) is 9.59 Å². The number of fused-ring (bicyclic) bond motifs is 1. The van der Waals surface area contributed by atoms with Gasteiger partial charge in [0.25, 0.3) is 5.91 Å². The van der Waals surface area contributed by atoms with Crippen LogP contribution in [0.2, 0.25) is 0 Å². The van der Waals surface area contributed by atoms with Crippen LogP contribution in [-0.4, -0.2) is 46.8 Å². The summed E-state index contributed by atoms with van der Waals surface area (Å²) >= 11 is 1.52. The lowest BCUT2D eigenvalue weighted by atomic mass is 10.1. The molecule has 2 amide bonds. The van der Waals surface area contributed by atoms with Crippen molar-refractivity contribution in [1.29, 1.82) is 0 Å². The van der Waals surface area contributed by atoms with Crippen LogP contribution in [0.5, 0.6) is 0 Å². The van der Waals surface area contributed by atoms with Crippen molar-refractivity contribution in [2.24, 2.45) is 0 Å². The standard InChI is InChI=1S/C14H16N2O2S/c1-2-5-15-11-3-6-16(12(11)8-13(15)17)14(18)10-4-7-19-9-10/h2,4,7,9,11-12H,1,3,5-6,8H2/t11-,12+/m0/s1. The predicted octanol–water partition coefficient (Wildman–Crippen LogP) is 1.75. The molecule has 0 aromatic carbocycles. The van der Waals surface area contributed by atoms with Crippen LogP contribution in [0.3, 0.4) is 0 Å². The minimum atomic E-state index is 0.0415. The number of thiophene rings is 1. The highest BCUT2D eigenvalue weighted by molar-refractivity contribution is 7.08. The van der Waals surface area contributed by atoms with Crippen LogP contribution in [0.1, 0.15) is 23.2 Å². The van der Waals surface area contributed by atoms with Crippen molar-refractivity contribution in [3.05, 3.63) is 35.0 Å². The monoisotopic (exact) mass is 276 g/mol. The van der Waals surface area contributed by atoms with Crippen molar-refractivity contribution in [2.45, 2.75) is 24.9 Å². The van der Waals surface area contributed by atoms with Gasteiger partial charge >= 0.3 is 0 Å². The van der Waals surface area contributed by atoms with Gasteiger partial charge in [-0.2, -0.15) is 11.3 Å². The van der Waals surface area contributed by atoms with Crippen LogP contribution in [-0.2, 0) is 4.79 Å². The van der Waals surface area contributed by atoms with E-state index in [0.717, 1.165) is 18.5 Å². The molecule has 3 rings (SSSR count). The van der Waals surface area contributed by atoms with E-state index in [1.807, 2.05) is 26.6 Å². The smallest absolute Gasteiger partial charge is 0.255 e. The first-order valence-corrected chi connectivity index (χ1v) is 7.40. The fraction of sp³-hybridized carbons (Fsp3) is 0.429. The van der Waals surface area contributed by atoms with Gasteiger partial charge in [0.15, 0.2) is 0 Å². The van der Waals surface area contributed by atoms with Crippen LogP contribution < -0.4 is 0 Å². The van der Waals surface area contributed by atoms with Crippen LogP contribution in [0, 0.1) is 0 Å². The van der Waals surface area contributed by atoms with Crippen molar-refractivity contribution in [3.8, 4) is 0 Å². The Labute approximate surface area is 116 Å². The summed E-state index contributed by atoms with van der Waals surface area (Å²) in [6, 6.07) is 2.06. The molecule has 19 heavy (non-hydrogen) atoms. The number of carbonyl (C=O) groups excluding carboxylic acids is 2. The fourth-order valence-electron chi connectivity index (χ4n) is 3.11. The zero-order valence-electron chi connectivity index (χ0n) is 10.6. The second kappa shape index (κ2) is 4.81. The van der Waals surface area contributed by atoms with Gasteiger partial charge in [0, 0.05) is 24.9 Å². The first kappa shape index (κ1) is 12.4. The van der Waals surface area contributed by atoms with E-state index >= 15 is 0 Å². The number of carbonyl (C=O) groups is 2. The molecule has 100 valence electrons. The highest BCUT2D eigenvalue weighted by Crippen LogP contribution is 2.33. The van der Waals surface area contributed by atoms with Crippen LogP contribution in [0.25, 0.3) is 0 Å². The number of likely N-dealkylation sites (tertiary alicyclic amines) is 2. The molecule has 0 bridgehead atoms. The molecule has 3 heterocycles. The van der Waals surface area contributed by atoms with E-state index in [1.165, 1.54) is 11.3 Å². The molecule has 2 saturated heterocycles. The summed E-state index contributed by atoms with van der Waals surface area (Å²) in [5.41, 5.74) is 0.736. The number of rotatable bonds is 3. The molecule has 0 aliphatic carbocycles. The highest BCUT2D eigenvalue weighted by Gasteiger charge is 2.47. The third-order valence-electron chi connectivity index (χ3n) is 3.97. The fourth-order valence-corrected chi connectivity index (χ4v) is 3.74. The maximum Gasteiger partial charge on any atom is 0.255 e. The highest BCUT2D eigenvalue weighted by atomic mass is 32.1. The zero-order chi connectivity index (χ0) is 13.4. The average molecular weight is 276 g/mol. The van der Waals surface area contributed by atoms with Crippen LogP contribution in [0.4, 0.5) is 0 Å². The second-order valence-corrected chi connectivity index (χ2v) is 5.75. The largest absolute Gasteiger partial charge is 0.334 e. The van der Waals surface area contributed by atoms with E-state index in [4.69, 9.17) is 0 Å². The normalized spacial score (nSPS) is 25.8. The van der Waals surface area contributed by atoms with Crippen molar-refractivity contribution in [3.63, 3.8) is 0 Å². The van der Waals surface area contributed by atoms with Gasteiger partial charge in [-0.1, -0.05) is 6.08 Å². The van der Waals surface area contributed by atoms with Gasteiger partial charge in [-0.05, 0) is 17.9 Å². The molecule has 1 aromatic rings. The minimum absolute atomic E-state index is 0.0415. The van der Waals surface area contributed by atoms with Crippen molar-refractivity contribution < 1.29 is 9.59 Å². The quantitative estimate of drug-likeness (QED) is 0.789. The first-order chi connectivity index (χ1) is 9.22. The Hall–Kier alpha value is -1.62. The zero-order valence-corrected chi connectivity index (χ0v) is 11.4. The van der Waals surface area contributed by atoms with Crippen molar-refractivity contribution >= 4 is 23.2 Å². The van der Waals surface area contributed by atoms with Gasteiger partial charge in [0.05, 0.1) is 17.6 Å². The molecule has 0 unspecified atom stereocenters. The van der Waals surface area contributed by atoms with E-state index < -0.39 is 0 Å². The molecule has 1 aromatic heterocycles. The van der Waals surface area contributed by atoms with E-state index in [1.54, 1.807) is 6.08 Å². The Morgan fingerprint density at radius 1 is 1.53 bits per heavy atom. The number of amides is 2. The molecule has 0 saturated carbocycles. The topological polar surface area (TPSA) is 40.6 Å². The number of hydrogen-bond acceptors (Lipinski definition) is 3. The number of hydrogen-bond donors (Lipinski definition) is 0. The Morgan fingerprint density at radius 3 is 3.05 bits per heavy atom. The summed E-state index contributed by atoms with van der Waals surface area (Å²) in [6.07, 6.45) is 3.08. The summed E-state index contributed by atoms with van der Waals surface area (Å²) in [5.74, 6) is 0.194. The Kier molecular flexibility index (Phi) is 3.14. The van der Waals surface area contributed by atoms with E-state index in [-0.39, 0.29) is 23.9 Å². The molecule has 0 N–H and O–H groups in total. The van der Waals surface area contributed by atoms with Crippen LogP contribution >= 0.6 is 11.3 Å². The summed E-state index contributed by atoms with van der Waals surface area (Å²) in [6.45, 7) is 5.02. The summed E-state index contributed by atoms with van der Waals surface area (Å²) in [7, 11) is 0. The third-order valence-corrected chi connectivity index (χ3v) is 4.65. The van der Waals surface area contributed by atoms with Gasteiger partial charge in [-0.3, -0.25) is 9.59 Å². The summed E-state index contributed by atoms with van der Waals surface area (Å²) in [5, 5.41) is 3.78. The molecule has 2 fully saturated rings. The Morgan fingerprint density at radius 2 is 2.37 bits per heavy atom. The lowest BCUT2D eigenvalue weighted by Crippen LogP contribution is -2.39. The maximum absolute atomic E-state index is 12.4. The third kappa shape index (κ3) is 1.98. The van der Waals surface area contributed by atoms with Gasteiger partial charge < -0.3 is 9.80 Å². The molecule has 4 nitrogen and oxygen atoms in total. The van der Waals surface area contributed by atoms with E-state index in [2.05, 4.69) is 6.58 Å².